The topological polar surface area (TPSA) is 128 Å². The summed E-state index contributed by atoms with van der Waals surface area (Å²) in [6.07, 6.45) is 11.8. The number of furan rings is 1. The van der Waals surface area contributed by atoms with Crippen LogP contribution in [0.3, 0.4) is 0 Å². The van der Waals surface area contributed by atoms with Crippen molar-refractivity contribution in [3.8, 4) is 0 Å². The minimum atomic E-state index is -0.670. The first-order chi connectivity index (χ1) is 13.9. The Morgan fingerprint density at radius 2 is 1.03 bits per heavy atom. The van der Waals surface area contributed by atoms with Crippen LogP contribution in [0.2, 0.25) is 0 Å². The van der Waals surface area contributed by atoms with E-state index in [0.29, 0.717) is 24.4 Å². The fourth-order valence-corrected chi connectivity index (χ4v) is 2.35. The van der Waals surface area contributed by atoms with Crippen LogP contribution in [-0.4, -0.2) is 32.4 Å². The molecule has 7 nitrogen and oxygen atoms in total. The number of carbonyl (C=O) groups is 2. The van der Waals surface area contributed by atoms with Crippen LogP contribution in [0, 0.1) is 0 Å². The summed E-state index contributed by atoms with van der Waals surface area (Å²) in [5.74, 6) is -0.369. The molecule has 0 fully saturated rings. The molecule has 0 aliphatic heterocycles. The first kappa shape index (κ1) is 29.3. The number of aliphatic carboxylic acids is 2. The fraction of sp³-hybridized carbons (Fsp3) is 0.727. The van der Waals surface area contributed by atoms with Crippen molar-refractivity contribution in [2.24, 2.45) is 0 Å². The van der Waals surface area contributed by atoms with E-state index in [-0.39, 0.29) is 13.2 Å². The lowest BCUT2D eigenvalue weighted by molar-refractivity contribution is -0.138. The molecule has 4 N–H and O–H groups in total. The molecule has 1 aromatic heterocycles. The summed E-state index contributed by atoms with van der Waals surface area (Å²) in [4.78, 5) is 20.1. The second-order valence-corrected chi connectivity index (χ2v) is 6.80. The van der Waals surface area contributed by atoms with Crippen LogP contribution in [0.25, 0.3) is 0 Å². The number of carboxylic acid groups (broad SMARTS) is 2. The second-order valence-electron chi connectivity index (χ2n) is 6.80. The van der Waals surface area contributed by atoms with Crippen molar-refractivity contribution in [1.29, 1.82) is 0 Å². The van der Waals surface area contributed by atoms with Crippen molar-refractivity contribution in [3.63, 3.8) is 0 Å². The second kappa shape index (κ2) is 22.4. The molecule has 1 heterocycles. The molecule has 0 spiro atoms. The van der Waals surface area contributed by atoms with Gasteiger partial charge in [-0.1, -0.05) is 65.2 Å². The molecule has 0 amide bonds. The van der Waals surface area contributed by atoms with Crippen LogP contribution in [0.4, 0.5) is 0 Å². The molecule has 0 saturated carbocycles. The summed E-state index contributed by atoms with van der Waals surface area (Å²) >= 11 is 0. The van der Waals surface area contributed by atoms with E-state index in [1.54, 1.807) is 12.1 Å². The monoisotopic (exact) mass is 416 g/mol. The van der Waals surface area contributed by atoms with Crippen LogP contribution in [0.15, 0.2) is 16.5 Å². The van der Waals surface area contributed by atoms with Crippen LogP contribution in [0.1, 0.15) is 102 Å². The van der Waals surface area contributed by atoms with Crippen molar-refractivity contribution < 1.29 is 34.4 Å². The molecule has 0 bridgehead atoms. The molecule has 1 aromatic rings. The zero-order valence-electron chi connectivity index (χ0n) is 18.1. The van der Waals surface area contributed by atoms with Gasteiger partial charge in [0, 0.05) is 12.8 Å². The van der Waals surface area contributed by atoms with Gasteiger partial charge < -0.3 is 24.8 Å². The number of aliphatic hydroxyl groups excluding tert-OH is 2. The van der Waals surface area contributed by atoms with Gasteiger partial charge in [-0.15, -0.1) is 0 Å². The van der Waals surface area contributed by atoms with Crippen LogP contribution in [0.5, 0.6) is 0 Å². The van der Waals surface area contributed by atoms with Crippen LogP contribution in [-0.2, 0) is 22.8 Å². The summed E-state index contributed by atoms with van der Waals surface area (Å²) in [5.41, 5.74) is 0. The maximum absolute atomic E-state index is 10.0. The maximum atomic E-state index is 10.0. The third-order valence-electron chi connectivity index (χ3n) is 4.02. The fourth-order valence-electron chi connectivity index (χ4n) is 2.35. The van der Waals surface area contributed by atoms with Gasteiger partial charge in [-0.2, -0.15) is 0 Å². The van der Waals surface area contributed by atoms with Gasteiger partial charge in [-0.3, -0.25) is 9.59 Å². The number of carboxylic acids is 2. The Hall–Kier alpha value is -1.86. The standard InChI is InChI=1S/2C8H16O2.C6H8O3/c2*1-2-3-4-5-6-7-8(9)10;7-3-5-1-2-6(4-8)9-5/h2*2-7H2,1H3,(H,9,10);1-2,7-8H,3-4H2. The van der Waals surface area contributed by atoms with E-state index < -0.39 is 11.9 Å². The Balaban J connectivity index is 0. The largest absolute Gasteiger partial charge is 0.481 e. The first-order valence-corrected chi connectivity index (χ1v) is 10.6. The minimum Gasteiger partial charge on any atom is -0.481 e. The van der Waals surface area contributed by atoms with Gasteiger partial charge in [0.2, 0.25) is 0 Å². The molecule has 0 unspecified atom stereocenters. The highest BCUT2D eigenvalue weighted by Crippen LogP contribution is 2.06. The van der Waals surface area contributed by atoms with Crippen molar-refractivity contribution in [2.75, 3.05) is 0 Å². The molecular weight excluding hydrogens is 376 g/mol. The molecule has 0 radical (unpaired) electrons. The first-order valence-electron chi connectivity index (χ1n) is 10.6. The highest BCUT2D eigenvalue weighted by atomic mass is 16.4. The molecule has 0 saturated heterocycles. The predicted octanol–water partition coefficient (Wildman–Crippen LogP) is 5.13. The zero-order valence-corrected chi connectivity index (χ0v) is 18.1. The normalized spacial score (nSPS) is 9.79. The van der Waals surface area contributed by atoms with Crippen molar-refractivity contribution in [2.45, 2.75) is 104 Å². The SMILES string of the molecule is CCCCCCCC(=O)O.CCCCCCCC(=O)O.OCc1ccc(CO)o1. The average molecular weight is 417 g/mol. The van der Waals surface area contributed by atoms with E-state index >= 15 is 0 Å². The molecule has 0 aliphatic carbocycles. The molecule has 0 atom stereocenters. The van der Waals surface area contributed by atoms with Gasteiger partial charge in [-0.25, -0.2) is 0 Å². The zero-order chi connectivity index (χ0) is 22.3. The van der Waals surface area contributed by atoms with Crippen LogP contribution < -0.4 is 0 Å². The van der Waals surface area contributed by atoms with Crippen LogP contribution >= 0.6 is 0 Å². The van der Waals surface area contributed by atoms with Crippen molar-refractivity contribution in [1.82, 2.24) is 0 Å². The summed E-state index contributed by atoms with van der Waals surface area (Å²) in [5, 5.41) is 33.5. The van der Waals surface area contributed by atoms with Gasteiger partial charge in [0.15, 0.2) is 0 Å². The van der Waals surface area contributed by atoms with E-state index in [1.807, 2.05) is 0 Å². The molecule has 0 aromatic carbocycles. The minimum absolute atomic E-state index is 0.111. The Bertz CT molecular complexity index is 455. The molecule has 7 heteroatoms. The maximum Gasteiger partial charge on any atom is 0.303 e. The lowest BCUT2D eigenvalue weighted by atomic mass is 10.1. The molecule has 29 heavy (non-hydrogen) atoms. The number of aliphatic hydroxyl groups is 2. The van der Waals surface area contributed by atoms with Gasteiger partial charge in [0.05, 0.1) is 0 Å². The molecular formula is C22H40O7. The third kappa shape index (κ3) is 24.1. The summed E-state index contributed by atoms with van der Waals surface area (Å²) in [6.45, 7) is 4.08. The smallest absolute Gasteiger partial charge is 0.303 e. The van der Waals surface area contributed by atoms with Crippen molar-refractivity contribution >= 4 is 11.9 Å². The lowest BCUT2D eigenvalue weighted by Gasteiger charge is -1.95. The van der Waals surface area contributed by atoms with Gasteiger partial charge in [-0.05, 0) is 25.0 Å². The average Bonchev–Trinajstić information content (AvgIpc) is 3.17. The Morgan fingerprint density at radius 1 is 0.690 bits per heavy atom. The molecule has 0 aliphatic rings. The predicted molar refractivity (Wildman–Crippen MR) is 113 cm³/mol. The number of hydrogen-bond donors (Lipinski definition) is 4. The van der Waals surface area contributed by atoms with E-state index in [9.17, 15) is 9.59 Å². The van der Waals surface area contributed by atoms with Crippen molar-refractivity contribution in [3.05, 3.63) is 23.7 Å². The highest BCUT2D eigenvalue weighted by Gasteiger charge is 1.97. The quantitative estimate of drug-likeness (QED) is 0.310. The Labute approximate surface area is 174 Å². The Kier molecular flexibility index (Phi) is 22.7. The molecule has 170 valence electrons. The summed E-state index contributed by atoms with van der Waals surface area (Å²) < 4.78 is 4.88. The summed E-state index contributed by atoms with van der Waals surface area (Å²) in [6, 6.07) is 3.26. The molecule has 1 rings (SSSR count). The number of unbranched alkanes of at least 4 members (excludes halogenated alkanes) is 8. The number of hydrogen-bond acceptors (Lipinski definition) is 5. The van der Waals surface area contributed by atoms with E-state index in [4.69, 9.17) is 24.8 Å². The Morgan fingerprint density at radius 3 is 1.28 bits per heavy atom. The van der Waals surface area contributed by atoms with Gasteiger partial charge >= 0.3 is 11.9 Å². The lowest BCUT2D eigenvalue weighted by Crippen LogP contribution is -1.93. The van der Waals surface area contributed by atoms with Gasteiger partial charge in [0.25, 0.3) is 0 Å². The van der Waals surface area contributed by atoms with Gasteiger partial charge in [0.1, 0.15) is 24.7 Å². The van der Waals surface area contributed by atoms with E-state index in [0.717, 1.165) is 25.7 Å². The highest BCUT2D eigenvalue weighted by molar-refractivity contribution is 5.66. The number of rotatable bonds is 14. The summed E-state index contributed by atoms with van der Waals surface area (Å²) in [7, 11) is 0. The van der Waals surface area contributed by atoms with E-state index in [1.165, 1.54) is 38.5 Å². The third-order valence-corrected chi connectivity index (χ3v) is 4.02. The van der Waals surface area contributed by atoms with E-state index in [2.05, 4.69) is 13.8 Å².